The number of benzene rings is 2. The fourth-order valence-electron chi connectivity index (χ4n) is 3.00. The summed E-state index contributed by atoms with van der Waals surface area (Å²) in [4.78, 5) is 36.7. The van der Waals surface area contributed by atoms with Crippen LogP contribution in [0.1, 0.15) is 22.2 Å². The van der Waals surface area contributed by atoms with E-state index in [4.69, 9.17) is 11.6 Å². The van der Waals surface area contributed by atoms with Crippen LogP contribution in [0.25, 0.3) is 10.1 Å². The molecule has 4 rings (SSSR count). The van der Waals surface area contributed by atoms with Gasteiger partial charge in [-0.3, -0.25) is 14.9 Å². The highest BCUT2D eigenvalue weighted by Gasteiger charge is 2.43. The second kappa shape index (κ2) is 6.37. The van der Waals surface area contributed by atoms with Crippen molar-refractivity contribution in [1.82, 2.24) is 10.6 Å². The maximum Gasteiger partial charge on any atom is 0.322 e. The van der Waals surface area contributed by atoms with E-state index in [0.29, 0.717) is 21.2 Å². The highest BCUT2D eigenvalue weighted by molar-refractivity contribution is 7.21. The van der Waals surface area contributed by atoms with Crippen molar-refractivity contribution in [1.29, 1.82) is 0 Å². The molecule has 2 heterocycles. The lowest BCUT2D eigenvalue weighted by molar-refractivity contribution is -0.123. The fraction of sp³-hybridized carbons (Fsp3) is 0.105. The predicted molar refractivity (Wildman–Crippen MR) is 105 cm³/mol. The Morgan fingerprint density at radius 3 is 2.63 bits per heavy atom. The second-order valence-corrected chi connectivity index (χ2v) is 7.74. The molecular formula is C19H14ClN3O3S. The molecule has 0 spiro atoms. The number of urea groups is 1. The molecule has 1 aromatic heterocycles. The number of amides is 4. The molecule has 1 aliphatic rings. The number of carbonyl (C=O) groups excluding carboxylic acids is 3. The summed E-state index contributed by atoms with van der Waals surface area (Å²) in [5.41, 5.74) is -0.125. The topological polar surface area (TPSA) is 87.3 Å². The number of imide groups is 1. The standard InChI is InChI=1S/C19H14ClN3O3S/c1-19(17(25)22-18(26)23-19)10-5-4-6-11(9-10)21-16(24)15-14(20)12-7-2-3-8-13(12)27-15/h2-9H,1H3,(H,21,24)(H2,22,23,25,26)/t19-/m0/s1. The van der Waals surface area contributed by atoms with Crippen molar-refractivity contribution >= 4 is 56.6 Å². The zero-order chi connectivity index (χ0) is 19.2. The molecule has 27 heavy (non-hydrogen) atoms. The van der Waals surface area contributed by atoms with Gasteiger partial charge in [0.15, 0.2) is 0 Å². The lowest BCUT2D eigenvalue weighted by Gasteiger charge is -2.21. The molecule has 0 saturated carbocycles. The molecule has 0 aliphatic carbocycles. The number of fused-ring (bicyclic) bond motifs is 1. The van der Waals surface area contributed by atoms with Crippen molar-refractivity contribution in [3.8, 4) is 0 Å². The van der Waals surface area contributed by atoms with Gasteiger partial charge in [0.25, 0.3) is 11.8 Å². The molecule has 0 bridgehead atoms. The van der Waals surface area contributed by atoms with E-state index in [9.17, 15) is 14.4 Å². The SMILES string of the molecule is C[C@@]1(c2cccc(NC(=O)c3sc4ccccc4c3Cl)c2)NC(=O)NC1=O. The van der Waals surface area contributed by atoms with Crippen molar-refractivity contribution in [2.24, 2.45) is 0 Å². The van der Waals surface area contributed by atoms with E-state index < -0.39 is 17.5 Å². The maximum atomic E-state index is 12.7. The van der Waals surface area contributed by atoms with E-state index in [0.717, 1.165) is 10.1 Å². The molecule has 3 N–H and O–H groups in total. The zero-order valence-corrected chi connectivity index (χ0v) is 15.7. The van der Waals surface area contributed by atoms with Crippen molar-refractivity contribution in [3.63, 3.8) is 0 Å². The highest BCUT2D eigenvalue weighted by Crippen LogP contribution is 2.35. The van der Waals surface area contributed by atoms with Crippen molar-refractivity contribution in [2.75, 3.05) is 5.32 Å². The number of anilines is 1. The monoisotopic (exact) mass is 399 g/mol. The van der Waals surface area contributed by atoms with Gasteiger partial charge in [-0.15, -0.1) is 11.3 Å². The number of hydrogen-bond donors (Lipinski definition) is 3. The Hall–Kier alpha value is -2.90. The van der Waals surface area contributed by atoms with E-state index in [-0.39, 0.29) is 5.91 Å². The summed E-state index contributed by atoms with van der Waals surface area (Å²) in [5.74, 6) is -0.771. The van der Waals surface area contributed by atoms with Gasteiger partial charge in [-0.2, -0.15) is 0 Å². The molecule has 8 heteroatoms. The Morgan fingerprint density at radius 1 is 1.15 bits per heavy atom. The lowest BCUT2D eigenvalue weighted by Crippen LogP contribution is -2.40. The largest absolute Gasteiger partial charge is 0.322 e. The van der Waals surface area contributed by atoms with Gasteiger partial charge in [0.2, 0.25) is 0 Å². The Balaban J connectivity index is 1.63. The van der Waals surface area contributed by atoms with Crippen LogP contribution < -0.4 is 16.0 Å². The molecule has 1 saturated heterocycles. The molecule has 136 valence electrons. The van der Waals surface area contributed by atoms with Crippen LogP contribution in [0.5, 0.6) is 0 Å². The molecular weight excluding hydrogens is 386 g/mol. The Labute approximate surface area is 163 Å². The number of thiophene rings is 1. The molecule has 0 unspecified atom stereocenters. The minimum Gasteiger partial charge on any atom is -0.321 e. The van der Waals surface area contributed by atoms with E-state index in [1.165, 1.54) is 11.3 Å². The van der Waals surface area contributed by atoms with Gasteiger partial charge in [0, 0.05) is 15.8 Å². The third-order valence-electron chi connectivity index (χ3n) is 4.48. The van der Waals surface area contributed by atoms with Gasteiger partial charge in [-0.1, -0.05) is 41.9 Å². The lowest BCUT2D eigenvalue weighted by atomic mass is 9.92. The number of nitrogens with one attached hydrogen (secondary N) is 3. The van der Waals surface area contributed by atoms with Gasteiger partial charge in [0.1, 0.15) is 10.4 Å². The van der Waals surface area contributed by atoms with E-state index in [2.05, 4.69) is 16.0 Å². The molecule has 1 aliphatic heterocycles. The first kappa shape index (κ1) is 17.5. The summed E-state index contributed by atoms with van der Waals surface area (Å²) < 4.78 is 0.930. The normalized spacial score (nSPS) is 19.0. The Morgan fingerprint density at radius 2 is 1.93 bits per heavy atom. The highest BCUT2D eigenvalue weighted by atomic mass is 35.5. The summed E-state index contributed by atoms with van der Waals surface area (Å²) in [6, 6.07) is 13.8. The minimum absolute atomic E-state index is 0.330. The van der Waals surface area contributed by atoms with E-state index >= 15 is 0 Å². The van der Waals surface area contributed by atoms with Crippen LogP contribution >= 0.6 is 22.9 Å². The Bertz CT molecular complexity index is 1110. The molecule has 0 radical (unpaired) electrons. The molecule has 6 nitrogen and oxygen atoms in total. The van der Waals surface area contributed by atoms with E-state index in [1.807, 2.05) is 24.3 Å². The van der Waals surface area contributed by atoms with E-state index in [1.54, 1.807) is 31.2 Å². The van der Waals surface area contributed by atoms with Crippen LogP contribution in [0.15, 0.2) is 48.5 Å². The fourth-order valence-corrected chi connectivity index (χ4v) is 4.41. The summed E-state index contributed by atoms with van der Waals surface area (Å²) in [6.45, 7) is 1.61. The van der Waals surface area contributed by atoms with Crippen LogP contribution in [0, 0.1) is 0 Å². The Kier molecular flexibility index (Phi) is 4.13. The predicted octanol–water partition coefficient (Wildman–Crippen LogP) is 3.86. The summed E-state index contributed by atoms with van der Waals surface area (Å²) >= 11 is 7.68. The molecule has 3 aromatic rings. The number of hydrogen-bond acceptors (Lipinski definition) is 4. The summed E-state index contributed by atoms with van der Waals surface area (Å²) in [5, 5.41) is 8.89. The average Bonchev–Trinajstić information content (AvgIpc) is 3.12. The first-order chi connectivity index (χ1) is 12.9. The third-order valence-corrected chi connectivity index (χ3v) is 6.16. The number of carbonyl (C=O) groups is 3. The molecule has 2 aromatic carbocycles. The van der Waals surface area contributed by atoms with Crippen molar-refractivity contribution in [3.05, 3.63) is 64.0 Å². The van der Waals surface area contributed by atoms with Crippen molar-refractivity contribution in [2.45, 2.75) is 12.5 Å². The van der Waals surface area contributed by atoms with Gasteiger partial charge in [0.05, 0.1) is 5.02 Å². The van der Waals surface area contributed by atoms with Gasteiger partial charge in [-0.25, -0.2) is 4.79 Å². The first-order valence-electron chi connectivity index (χ1n) is 8.11. The summed E-state index contributed by atoms with van der Waals surface area (Å²) in [6.07, 6.45) is 0. The number of halogens is 1. The third kappa shape index (κ3) is 2.94. The van der Waals surface area contributed by atoms with Crippen LogP contribution in [0.2, 0.25) is 5.02 Å². The van der Waals surface area contributed by atoms with Crippen LogP contribution in [0.4, 0.5) is 10.5 Å². The van der Waals surface area contributed by atoms with Crippen molar-refractivity contribution < 1.29 is 14.4 Å². The van der Waals surface area contributed by atoms with Crippen LogP contribution in [-0.4, -0.2) is 17.8 Å². The summed E-state index contributed by atoms with van der Waals surface area (Å²) in [7, 11) is 0. The van der Waals surface area contributed by atoms with Gasteiger partial charge in [-0.05, 0) is 30.7 Å². The quantitative estimate of drug-likeness (QED) is 0.584. The average molecular weight is 400 g/mol. The zero-order valence-electron chi connectivity index (χ0n) is 14.1. The van der Waals surface area contributed by atoms with Crippen LogP contribution in [0.3, 0.4) is 0 Å². The minimum atomic E-state index is -1.19. The maximum absolute atomic E-state index is 12.7. The first-order valence-corrected chi connectivity index (χ1v) is 9.30. The molecule has 1 fully saturated rings. The molecule has 4 amide bonds. The second-order valence-electron chi connectivity index (χ2n) is 6.31. The molecule has 1 atom stereocenters. The smallest absolute Gasteiger partial charge is 0.321 e. The number of rotatable bonds is 3. The van der Waals surface area contributed by atoms with Crippen LogP contribution in [-0.2, 0) is 10.3 Å². The van der Waals surface area contributed by atoms with Gasteiger partial charge < -0.3 is 10.6 Å². The van der Waals surface area contributed by atoms with Gasteiger partial charge >= 0.3 is 6.03 Å².